The van der Waals surface area contributed by atoms with Crippen LogP contribution < -0.4 is 0 Å². The van der Waals surface area contributed by atoms with Gasteiger partial charge >= 0.3 is 51.4 Å². The molecule has 4 nitrogen and oxygen atoms in total. The van der Waals surface area contributed by atoms with E-state index in [1.54, 1.807) is 6.92 Å². The fourth-order valence-corrected chi connectivity index (χ4v) is 1.41. The first-order valence-electron chi connectivity index (χ1n) is 3.18. The number of hydrogen-bond acceptors (Lipinski definition) is 3. The van der Waals surface area contributed by atoms with Crippen molar-refractivity contribution in [1.29, 1.82) is 0 Å². The van der Waals surface area contributed by atoms with E-state index in [1.165, 1.54) is 12.1 Å². The van der Waals surface area contributed by atoms with Crippen LogP contribution in [0, 0.1) is 6.92 Å². The summed E-state index contributed by atoms with van der Waals surface area (Å²) in [6.07, 6.45) is 0. The summed E-state index contributed by atoms with van der Waals surface area (Å²) in [6, 6.07) is 3.91. The molecule has 2 N–H and O–H groups in total. The topological polar surface area (TPSA) is 74.6 Å². The van der Waals surface area contributed by atoms with E-state index in [2.05, 4.69) is 0 Å². The Bertz CT molecular complexity index is 399. The molecular weight excluding hydrogens is 219 g/mol. The predicted molar refractivity (Wildman–Crippen MR) is 49.8 cm³/mol. The molecule has 0 aliphatic carbocycles. The molecule has 0 heterocycles. The van der Waals surface area contributed by atoms with Crippen LogP contribution in [0.1, 0.15) is 5.56 Å². The molecule has 0 amide bonds. The molecule has 0 unspecified atom stereocenters. The second kappa shape index (κ2) is 4.88. The van der Waals surface area contributed by atoms with Gasteiger partial charge in [0.25, 0.3) is 10.1 Å². The van der Waals surface area contributed by atoms with Crippen LogP contribution in [0.4, 0.5) is 0 Å². The van der Waals surface area contributed by atoms with Crippen LogP contribution in [0.5, 0.6) is 5.75 Å². The number of benzene rings is 1. The van der Waals surface area contributed by atoms with Crippen molar-refractivity contribution in [3.05, 3.63) is 23.8 Å². The molecule has 13 heavy (non-hydrogen) atoms. The molecule has 0 fully saturated rings. The van der Waals surface area contributed by atoms with Gasteiger partial charge in [-0.25, -0.2) is 0 Å². The second-order valence-electron chi connectivity index (χ2n) is 2.45. The number of rotatable bonds is 1. The first-order chi connectivity index (χ1) is 5.41. The van der Waals surface area contributed by atoms with Crippen LogP contribution in [0.3, 0.4) is 0 Å². The Labute approximate surface area is 119 Å². The molecule has 0 aliphatic heterocycles. The van der Waals surface area contributed by atoms with E-state index < -0.39 is 20.8 Å². The van der Waals surface area contributed by atoms with Crippen molar-refractivity contribution in [2.75, 3.05) is 0 Å². The van der Waals surface area contributed by atoms with Gasteiger partial charge in [-0.3, -0.25) is 4.55 Å². The number of aryl methyl sites for hydroxylation is 1. The van der Waals surface area contributed by atoms with Gasteiger partial charge in [0.05, 0.1) is 0 Å². The van der Waals surface area contributed by atoms with Gasteiger partial charge in [-0.15, -0.1) is 0 Å². The number of phenols is 1. The standard InChI is InChI=1S/C7H8O4S.K.H/c1-5-2-3-7(6(8)4-5)12(9,10)11;;/h2-4,8H,1H3,(H,9,10,11);;. The van der Waals surface area contributed by atoms with E-state index in [0.717, 1.165) is 11.6 Å². The van der Waals surface area contributed by atoms with Gasteiger partial charge in [-0.2, -0.15) is 8.42 Å². The van der Waals surface area contributed by atoms with Gasteiger partial charge in [-0.05, 0) is 24.6 Å². The fourth-order valence-electron chi connectivity index (χ4n) is 0.846. The molecule has 0 aromatic heterocycles. The Hall–Kier alpha value is 0.566. The average Bonchev–Trinajstić information content (AvgIpc) is 1.83. The van der Waals surface area contributed by atoms with Crippen LogP contribution in [0.15, 0.2) is 23.1 Å². The van der Waals surface area contributed by atoms with Gasteiger partial charge in [0.15, 0.2) is 0 Å². The van der Waals surface area contributed by atoms with E-state index >= 15 is 0 Å². The number of aromatic hydroxyl groups is 1. The molecule has 68 valence electrons. The summed E-state index contributed by atoms with van der Waals surface area (Å²) in [7, 11) is -4.30. The minimum absolute atomic E-state index is 0. The van der Waals surface area contributed by atoms with E-state index in [4.69, 9.17) is 9.66 Å². The quantitative estimate of drug-likeness (QED) is 0.535. The van der Waals surface area contributed by atoms with Crippen molar-refractivity contribution in [2.24, 2.45) is 0 Å². The summed E-state index contributed by atoms with van der Waals surface area (Å²) in [4.78, 5) is -0.465. The van der Waals surface area contributed by atoms with Gasteiger partial charge in [0.2, 0.25) is 0 Å². The third-order valence-electron chi connectivity index (χ3n) is 1.39. The van der Waals surface area contributed by atoms with E-state index in [-0.39, 0.29) is 51.4 Å². The zero-order valence-electron chi connectivity index (χ0n) is 6.35. The molecule has 0 saturated carbocycles. The van der Waals surface area contributed by atoms with Crippen molar-refractivity contribution in [3.8, 4) is 5.75 Å². The van der Waals surface area contributed by atoms with Crippen LogP contribution in [0.2, 0.25) is 0 Å². The van der Waals surface area contributed by atoms with Crippen molar-refractivity contribution < 1.29 is 18.1 Å². The molecule has 0 atom stereocenters. The van der Waals surface area contributed by atoms with Crippen LogP contribution >= 0.6 is 0 Å². The van der Waals surface area contributed by atoms with Gasteiger partial charge < -0.3 is 5.11 Å². The van der Waals surface area contributed by atoms with Gasteiger partial charge in [0, 0.05) is 0 Å². The van der Waals surface area contributed by atoms with Crippen LogP contribution in [-0.2, 0) is 10.1 Å². The predicted octanol–water partition coefficient (Wildman–Crippen LogP) is 0.299. The third kappa shape index (κ3) is 3.66. The Kier molecular flexibility index (Phi) is 5.09. The average molecular weight is 228 g/mol. The van der Waals surface area contributed by atoms with E-state index in [9.17, 15) is 8.42 Å². The molecule has 1 rings (SSSR count). The summed E-state index contributed by atoms with van der Waals surface area (Å²) >= 11 is 0. The Morgan fingerprint density at radius 3 is 2.23 bits per heavy atom. The molecule has 1 aromatic carbocycles. The number of hydrogen-bond donors (Lipinski definition) is 2. The summed E-state index contributed by atoms with van der Waals surface area (Å²) in [6.45, 7) is 1.70. The number of phenolic OH excluding ortho intramolecular Hbond substituents is 1. The molecule has 0 spiro atoms. The zero-order valence-corrected chi connectivity index (χ0v) is 7.17. The van der Waals surface area contributed by atoms with E-state index in [1.807, 2.05) is 0 Å². The summed E-state index contributed by atoms with van der Waals surface area (Å²) in [5.41, 5.74) is 0.722. The van der Waals surface area contributed by atoms with Crippen LogP contribution in [0.25, 0.3) is 0 Å². The maximum absolute atomic E-state index is 10.6. The maximum atomic E-state index is 10.6. The van der Waals surface area contributed by atoms with E-state index in [0.29, 0.717) is 0 Å². The Balaban J connectivity index is 0.00000144. The molecule has 6 heteroatoms. The first-order valence-corrected chi connectivity index (χ1v) is 4.62. The Morgan fingerprint density at radius 1 is 1.31 bits per heavy atom. The summed E-state index contributed by atoms with van der Waals surface area (Å²) < 4.78 is 29.7. The van der Waals surface area contributed by atoms with Crippen molar-refractivity contribution in [1.82, 2.24) is 0 Å². The monoisotopic (exact) mass is 228 g/mol. The normalized spacial score (nSPS) is 10.6. The first kappa shape index (κ1) is 13.6. The Morgan fingerprint density at radius 2 is 1.85 bits per heavy atom. The SMILES string of the molecule is Cc1ccc(S(=O)(=O)O)c(O)c1.[KH]. The zero-order chi connectivity index (χ0) is 9.35. The van der Waals surface area contributed by atoms with Crippen molar-refractivity contribution in [2.45, 2.75) is 11.8 Å². The third-order valence-corrected chi connectivity index (χ3v) is 2.29. The molecular formula is C7H9KO4S. The molecule has 1 aromatic rings. The molecule has 0 aliphatic rings. The second-order valence-corrected chi connectivity index (χ2v) is 3.84. The van der Waals surface area contributed by atoms with Gasteiger partial charge in [-0.1, -0.05) is 6.07 Å². The fraction of sp³-hybridized carbons (Fsp3) is 0.143. The summed E-state index contributed by atoms with van der Waals surface area (Å²) in [5, 5.41) is 9.09. The molecule has 0 bridgehead atoms. The van der Waals surface area contributed by atoms with Gasteiger partial charge in [0.1, 0.15) is 10.6 Å². The molecule has 0 radical (unpaired) electrons. The van der Waals surface area contributed by atoms with Crippen LogP contribution in [-0.4, -0.2) is 69.5 Å². The van der Waals surface area contributed by atoms with Crippen molar-refractivity contribution >= 4 is 61.5 Å². The minimum atomic E-state index is -4.30. The van der Waals surface area contributed by atoms with Crippen molar-refractivity contribution in [3.63, 3.8) is 0 Å². The summed E-state index contributed by atoms with van der Waals surface area (Å²) in [5.74, 6) is -0.433. The molecule has 0 saturated heterocycles.